The number of fused-ring (bicyclic) bond motifs is 1. The molecule has 0 aliphatic carbocycles. The first-order valence-corrected chi connectivity index (χ1v) is 8.19. The molecule has 0 radical (unpaired) electrons. The third-order valence-electron chi connectivity index (χ3n) is 3.80. The minimum Gasteiger partial charge on any atom is -0.454 e. The number of rotatable bonds is 6. The zero-order valence-corrected chi connectivity index (χ0v) is 14.3. The number of nitrogens with zero attached hydrogens (tertiary/aromatic N) is 1. The third kappa shape index (κ3) is 4.60. The fraction of sp³-hybridized carbons (Fsp3) is 0.211. The minimum absolute atomic E-state index is 0.0518. The SMILES string of the molecule is Cc1ccccc1NC(=O)CCC(=O)N/N=C\c1ccc2c(c1)OCO2. The van der Waals surface area contributed by atoms with Crippen molar-refractivity contribution in [2.24, 2.45) is 5.10 Å². The quantitative estimate of drug-likeness (QED) is 0.617. The average molecular weight is 353 g/mol. The van der Waals surface area contributed by atoms with E-state index < -0.39 is 0 Å². The van der Waals surface area contributed by atoms with Gasteiger partial charge in [-0.2, -0.15) is 5.10 Å². The van der Waals surface area contributed by atoms with Crippen LogP contribution < -0.4 is 20.2 Å². The number of hydrogen-bond acceptors (Lipinski definition) is 5. The highest BCUT2D eigenvalue weighted by Gasteiger charge is 2.12. The zero-order chi connectivity index (χ0) is 18.4. The standard InChI is InChI=1S/C19H19N3O4/c1-13-4-2-3-5-15(13)21-18(23)8-9-19(24)22-20-11-14-6-7-16-17(10-14)26-12-25-16/h2-7,10-11H,8-9,12H2,1H3,(H,21,23)(H,22,24)/b20-11-. The van der Waals surface area contributed by atoms with Crippen LogP contribution in [0.5, 0.6) is 11.5 Å². The molecule has 2 amide bonds. The van der Waals surface area contributed by atoms with Crippen LogP contribution in [-0.4, -0.2) is 24.8 Å². The fourth-order valence-corrected chi connectivity index (χ4v) is 2.38. The Labute approximate surface area is 151 Å². The minimum atomic E-state index is -0.332. The molecule has 0 bridgehead atoms. The van der Waals surface area contributed by atoms with Gasteiger partial charge < -0.3 is 14.8 Å². The number of carbonyl (C=O) groups excluding carboxylic acids is 2. The summed E-state index contributed by atoms with van der Waals surface area (Å²) in [6.45, 7) is 2.12. The molecule has 2 aromatic rings. The molecular formula is C19H19N3O4. The Morgan fingerprint density at radius 2 is 1.85 bits per heavy atom. The molecule has 1 aliphatic rings. The first-order chi connectivity index (χ1) is 12.6. The Hall–Kier alpha value is -3.35. The van der Waals surface area contributed by atoms with E-state index in [2.05, 4.69) is 15.8 Å². The Bertz CT molecular complexity index is 848. The lowest BCUT2D eigenvalue weighted by atomic mass is 10.2. The Morgan fingerprint density at radius 3 is 2.69 bits per heavy atom. The number of nitrogens with one attached hydrogen (secondary N) is 2. The number of para-hydroxylation sites is 1. The molecule has 0 fully saturated rings. The molecule has 7 nitrogen and oxygen atoms in total. The van der Waals surface area contributed by atoms with Gasteiger partial charge in [0.05, 0.1) is 6.21 Å². The number of benzene rings is 2. The van der Waals surface area contributed by atoms with Crippen LogP contribution in [0.3, 0.4) is 0 Å². The second kappa shape index (κ2) is 8.15. The number of amides is 2. The van der Waals surface area contributed by atoms with Crippen molar-refractivity contribution in [1.82, 2.24) is 5.43 Å². The molecule has 0 spiro atoms. The summed E-state index contributed by atoms with van der Waals surface area (Å²) in [5.41, 5.74) is 4.90. The van der Waals surface area contributed by atoms with E-state index in [-0.39, 0.29) is 31.4 Å². The summed E-state index contributed by atoms with van der Waals surface area (Å²) < 4.78 is 10.5. The normalized spacial score (nSPS) is 12.2. The highest BCUT2D eigenvalue weighted by atomic mass is 16.7. The van der Waals surface area contributed by atoms with Crippen LogP contribution >= 0.6 is 0 Å². The van der Waals surface area contributed by atoms with E-state index in [1.807, 2.05) is 31.2 Å². The molecule has 2 aromatic carbocycles. The van der Waals surface area contributed by atoms with Crippen molar-refractivity contribution in [2.45, 2.75) is 19.8 Å². The van der Waals surface area contributed by atoms with E-state index >= 15 is 0 Å². The Balaban J connectivity index is 1.42. The first-order valence-electron chi connectivity index (χ1n) is 8.19. The smallest absolute Gasteiger partial charge is 0.240 e. The van der Waals surface area contributed by atoms with Gasteiger partial charge in [-0.05, 0) is 42.3 Å². The van der Waals surface area contributed by atoms with Crippen LogP contribution in [0.4, 0.5) is 5.69 Å². The highest BCUT2D eigenvalue weighted by Crippen LogP contribution is 2.31. The molecule has 0 atom stereocenters. The van der Waals surface area contributed by atoms with Crippen molar-refractivity contribution in [2.75, 3.05) is 12.1 Å². The summed E-state index contributed by atoms with van der Waals surface area (Å²) in [5.74, 6) is 0.787. The van der Waals surface area contributed by atoms with E-state index in [9.17, 15) is 9.59 Å². The lowest BCUT2D eigenvalue weighted by molar-refractivity contribution is -0.124. The Kier molecular flexibility index (Phi) is 5.48. The molecule has 0 saturated carbocycles. The molecule has 0 aromatic heterocycles. The molecule has 0 saturated heterocycles. The molecule has 1 aliphatic heterocycles. The van der Waals surface area contributed by atoms with Crippen LogP contribution in [0.25, 0.3) is 0 Å². The van der Waals surface area contributed by atoms with Gasteiger partial charge in [-0.25, -0.2) is 5.43 Å². The van der Waals surface area contributed by atoms with Crippen LogP contribution in [0.1, 0.15) is 24.0 Å². The summed E-state index contributed by atoms with van der Waals surface area (Å²) in [7, 11) is 0. The first kappa shape index (κ1) is 17.5. The maximum atomic E-state index is 11.9. The molecule has 1 heterocycles. The van der Waals surface area contributed by atoms with Gasteiger partial charge in [0.15, 0.2) is 11.5 Å². The van der Waals surface area contributed by atoms with Gasteiger partial charge in [0.2, 0.25) is 18.6 Å². The maximum Gasteiger partial charge on any atom is 0.240 e. The van der Waals surface area contributed by atoms with Crippen molar-refractivity contribution in [3.05, 3.63) is 53.6 Å². The van der Waals surface area contributed by atoms with Crippen LogP contribution in [0.2, 0.25) is 0 Å². The topological polar surface area (TPSA) is 89.0 Å². The number of hydrazone groups is 1. The highest BCUT2D eigenvalue weighted by molar-refractivity contribution is 5.94. The monoisotopic (exact) mass is 353 g/mol. The van der Waals surface area contributed by atoms with Gasteiger partial charge in [-0.3, -0.25) is 9.59 Å². The summed E-state index contributed by atoms with van der Waals surface area (Å²) in [5, 5.41) is 6.68. The van der Waals surface area contributed by atoms with Crippen molar-refractivity contribution in [3.63, 3.8) is 0 Å². The second-order valence-corrected chi connectivity index (χ2v) is 5.77. The van der Waals surface area contributed by atoms with Gasteiger partial charge in [-0.15, -0.1) is 0 Å². The number of carbonyl (C=O) groups is 2. The van der Waals surface area contributed by atoms with Gasteiger partial charge >= 0.3 is 0 Å². The van der Waals surface area contributed by atoms with E-state index in [1.165, 1.54) is 6.21 Å². The van der Waals surface area contributed by atoms with Gasteiger partial charge in [0.25, 0.3) is 0 Å². The fourth-order valence-electron chi connectivity index (χ4n) is 2.38. The molecule has 3 rings (SSSR count). The molecule has 2 N–H and O–H groups in total. The van der Waals surface area contributed by atoms with Crippen LogP contribution in [0.15, 0.2) is 47.6 Å². The molecule has 134 valence electrons. The van der Waals surface area contributed by atoms with Crippen molar-refractivity contribution in [1.29, 1.82) is 0 Å². The van der Waals surface area contributed by atoms with E-state index in [0.29, 0.717) is 11.5 Å². The predicted octanol–water partition coefficient (Wildman–Crippen LogP) is 2.59. The molecule has 0 unspecified atom stereocenters. The van der Waals surface area contributed by atoms with E-state index in [4.69, 9.17) is 9.47 Å². The molecule has 7 heteroatoms. The summed E-state index contributed by atoms with van der Waals surface area (Å²) >= 11 is 0. The zero-order valence-electron chi connectivity index (χ0n) is 14.3. The van der Waals surface area contributed by atoms with Gasteiger partial charge in [0.1, 0.15) is 0 Å². The number of aryl methyl sites for hydroxylation is 1. The Morgan fingerprint density at radius 1 is 1.08 bits per heavy atom. The molecule has 26 heavy (non-hydrogen) atoms. The number of hydrogen-bond donors (Lipinski definition) is 2. The second-order valence-electron chi connectivity index (χ2n) is 5.77. The average Bonchev–Trinajstić information content (AvgIpc) is 3.10. The number of anilines is 1. The largest absolute Gasteiger partial charge is 0.454 e. The van der Waals surface area contributed by atoms with Gasteiger partial charge in [0, 0.05) is 18.5 Å². The molecular weight excluding hydrogens is 334 g/mol. The lowest BCUT2D eigenvalue weighted by Gasteiger charge is -2.07. The van der Waals surface area contributed by atoms with Crippen LogP contribution in [-0.2, 0) is 9.59 Å². The van der Waals surface area contributed by atoms with E-state index in [1.54, 1.807) is 18.2 Å². The summed E-state index contributed by atoms with van der Waals surface area (Å²) in [4.78, 5) is 23.7. The third-order valence-corrected chi connectivity index (χ3v) is 3.80. The van der Waals surface area contributed by atoms with Crippen molar-refractivity contribution < 1.29 is 19.1 Å². The predicted molar refractivity (Wildman–Crippen MR) is 97.3 cm³/mol. The van der Waals surface area contributed by atoms with Crippen LogP contribution in [0, 0.1) is 6.92 Å². The summed E-state index contributed by atoms with van der Waals surface area (Å²) in [6, 6.07) is 12.8. The van der Waals surface area contributed by atoms with E-state index in [0.717, 1.165) is 16.8 Å². The maximum absolute atomic E-state index is 11.9. The van der Waals surface area contributed by atoms with Crippen molar-refractivity contribution >= 4 is 23.7 Å². The van der Waals surface area contributed by atoms with Crippen molar-refractivity contribution in [3.8, 4) is 11.5 Å². The van der Waals surface area contributed by atoms with Gasteiger partial charge in [-0.1, -0.05) is 18.2 Å². The number of ether oxygens (including phenoxy) is 2. The summed E-state index contributed by atoms with van der Waals surface area (Å²) in [6.07, 6.45) is 1.64. The lowest BCUT2D eigenvalue weighted by Crippen LogP contribution is -2.20.